The van der Waals surface area contributed by atoms with Crippen LogP contribution >= 0.6 is 0 Å². The van der Waals surface area contributed by atoms with Gasteiger partial charge in [-0.2, -0.15) is 0 Å². The Morgan fingerprint density at radius 2 is 0.795 bits per heavy atom. The van der Waals surface area contributed by atoms with Crippen molar-refractivity contribution in [3.8, 4) is 5.75 Å². The summed E-state index contributed by atoms with van der Waals surface area (Å²) in [6, 6.07) is 36.3. The van der Waals surface area contributed by atoms with Gasteiger partial charge in [0.05, 0.1) is 0 Å². The van der Waals surface area contributed by atoms with Gasteiger partial charge in [-0.1, -0.05) is 36.4 Å². The van der Waals surface area contributed by atoms with E-state index in [1.807, 2.05) is 19.1 Å². The molecule has 5 aromatic carbocycles. The Morgan fingerprint density at radius 3 is 1.15 bits per heavy atom. The fourth-order valence-electron chi connectivity index (χ4n) is 5.20. The number of benzene rings is 5. The second-order valence-electron chi connectivity index (χ2n) is 10.6. The molecule has 39 heavy (non-hydrogen) atoms. The Labute approximate surface area is 232 Å². The third-order valence-corrected chi connectivity index (χ3v) is 7.21. The van der Waals surface area contributed by atoms with Gasteiger partial charge in [0.2, 0.25) is 0 Å². The number of hydrogen-bond donors (Lipinski definition) is 1. The first-order valence-electron chi connectivity index (χ1n) is 13.4. The van der Waals surface area contributed by atoms with Crippen LogP contribution in [0.2, 0.25) is 0 Å². The van der Waals surface area contributed by atoms with Crippen LogP contribution in [0.15, 0.2) is 103 Å². The number of aryl methyl sites for hydroxylation is 6. The van der Waals surface area contributed by atoms with E-state index in [2.05, 4.69) is 129 Å². The van der Waals surface area contributed by atoms with Crippen LogP contribution < -0.4 is 9.80 Å². The lowest BCUT2D eigenvalue weighted by Crippen LogP contribution is -2.15. The molecule has 3 nitrogen and oxygen atoms in total. The summed E-state index contributed by atoms with van der Waals surface area (Å²) in [6.45, 7) is 12.7. The van der Waals surface area contributed by atoms with Gasteiger partial charge in [0.1, 0.15) is 5.75 Å². The lowest BCUT2D eigenvalue weighted by atomic mass is 10.0. The summed E-state index contributed by atoms with van der Waals surface area (Å²) in [5.74, 6) is 0.304. The molecule has 0 bridgehead atoms. The van der Waals surface area contributed by atoms with Crippen LogP contribution in [0.4, 0.5) is 34.1 Å². The van der Waals surface area contributed by atoms with Gasteiger partial charge in [-0.3, -0.25) is 0 Å². The molecular formula is C36H36N2O. The highest BCUT2D eigenvalue weighted by molar-refractivity contribution is 5.85. The van der Waals surface area contributed by atoms with E-state index in [1.54, 1.807) is 6.07 Å². The topological polar surface area (TPSA) is 26.7 Å². The Hall–Kier alpha value is -4.50. The Morgan fingerprint density at radius 1 is 0.410 bits per heavy atom. The summed E-state index contributed by atoms with van der Waals surface area (Å²) in [4.78, 5) is 4.64. The predicted octanol–water partition coefficient (Wildman–Crippen LogP) is 10.2. The van der Waals surface area contributed by atoms with Crippen molar-refractivity contribution in [3.05, 3.63) is 137 Å². The van der Waals surface area contributed by atoms with E-state index in [9.17, 15) is 5.11 Å². The first kappa shape index (κ1) is 26.1. The minimum absolute atomic E-state index is 0.304. The normalized spacial score (nSPS) is 10.9. The Balaban J connectivity index is 1.71. The molecule has 0 aliphatic heterocycles. The lowest BCUT2D eigenvalue weighted by molar-refractivity contribution is 0.471. The molecule has 0 fully saturated rings. The average Bonchev–Trinajstić information content (AvgIpc) is 2.89. The number of hydrogen-bond acceptors (Lipinski definition) is 3. The van der Waals surface area contributed by atoms with Crippen molar-refractivity contribution in [2.75, 3.05) is 9.80 Å². The number of aromatic hydroxyl groups is 1. The molecule has 0 saturated heterocycles. The summed E-state index contributed by atoms with van der Waals surface area (Å²) in [7, 11) is 0. The van der Waals surface area contributed by atoms with Gasteiger partial charge in [-0.05, 0) is 142 Å². The largest absolute Gasteiger partial charge is 0.508 e. The van der Waals surface area contributed by atoms with Gasteiger partial charge in [-0.25, -0.2) is 0 Å². The van der Waals surface area contributed by atoms with E-state index in [1.165, 1.54) is 22.3 Å². The molecule has 3 heteroatoms. The third-order valence-electron chi connectivity index (χ3n) is 7.21. The zero-order chi connectivity index (χ0) is 27.7. The molecule has 0 heterocycles. The fraction of sp³-hybridized carbons (Fsp3) is 0.167. The van der Waals surface area contributed by atoms with Crippen LogP contribution in [0, 0.1) is 41.5 Å². The van der Waals surface area contributed by atoms with Gasteiger partial charge < -0.3 is 14.9 Å². The molecule has 0 atom stereocenters. The maximum Gasteiger partial charge on any atom is 0.118 e. The average molecular weight is 513 g/mol. The zero-order valence-electron chi connectivity index (χ0n) is 23.7. The van der Waals surface area contributed by atoms with E-state index in [0.29, 0.717) is 5.75 Å². The molecule has 0 radical (unpaired) electrons. The van der Waals surface area contributed by atoms with Crippen molar-refractivity contribution in [2.24, 2.45) is 0 Å². The number of anilines is 6. The van der Waals surface area contributed by atoms with Crippen molar-refractivity contribution in [3.63, 3.8) is 0 Å². The molecule has 0 aliphatic rings. The highest BCUT2D eigenvalue weighted by Crippen LogP contribution is 2.43. The van der Waals surface area contributed by atoms with Gasteiger partial charge >= 0.3 is 0 Å². The number of rotatable bonds is 6. The van der Waals surface area contributed by atoms with E-state index < -0.39 is 0 Å². The van der Waals surface area contributed by atoms with Crippen molar-refractivity contribution >= 4 is 34.1 Å². The summed E-state index contributed by atoms with van der Waals surface area (Å²) >= 11 is 0. The Bertz CT molecular complexity index is 1610. The fourth-order valence-corrected chi connectivity index (χ4v) is 5.20. The maximum atomic E-state index is 10.2. The lowest BCUT2D eigenvalue weighted by Gasteiger charge is -2.32. The maximum absolute atomic E-state index is 10.2. The van der Waals surface area contributed by atoms with Crippen LogP contribution in [0.25, 0.3) is 0 Å². The van der Waals surface area contributed by atoms with Crippen molar-refractivity contribution < 1.29 is 5.11 Å². The number of nitrogens with zero attached hydrogens (tertiary/aromatic N) is 2. The quantitative estimate of drug-likeness (QED) is 0.245. The summed E-state index contributed by atoms with van der Waals surface area (Å²) < 4.78 is 0. The molecule has 1 N–H and O–H groups in total. The smallest absolute Gasteiger partial charge is 0.118 e. The zero-order valence-corrected chi connectivity index (χ0v) is 23.7. The van der Waals surface area contributed by atoms with Gasteiger partial charge in [0.15, 0.2) is 0 Å². The molecule has 196 valence electrons. The summed E-state index contributed by atoms with van der Waals surface area (Å²) in [6.07, 6.45) is 0. The second kappa shape index (κ2) is 10.7. The monoisotopic (exact) mass is 512 g/mol. The van der Waals surface area contributed by atoms with Crippen LogP contribution in [0.5, 0.6) is 5.75 Å². The SMILES string of the molecule is Cc1cccc(N(c2cccc(C)c2)c2cc(C)c(N(c3cccc(C)c3)c3ccc(O)c(C)c3)cc2C)c1. The first-order valence-corrected chi connectivity index (χ1v) is 13.4. The van der Waals surface area contributed by atoms with E-state index >= 15 is 0 Å². The molecule has 0 unspecified atom stereocenters. The summed E-state index contributed by atoms with van der Waals surface area (Å²) in [5, 5.41) is 10.2. The van der Waals surface area contributed by atoms with Gasteiger partial charge in [0, 0.05) is 34.1 Å². The molecule has 5 rings (SSSR count). The van der Waals surface area contributed by atoms with Gasteiger partial charge in [0.25, 0.3) is 0 Å². The van der Waals surface area contributed by atoms with Crippen LogP contribution in [-0.4, -0.2) is 5.11 Å². The third kappa shape index (κ3) is 5.39. The molecule has 0 saturated carbocycles. The molecule has 0 amide bonds. The predicted molar refractivity (Wildman–Crippen MR) is 166 cm³/mol. The van der Waals surface area contributed by atoms with E-state index in [-0.39, 0.29) is 0 Å². The van der Waals surface area contributed by atoms with Crippen molar-refractivity contribution in [2.45, 2.75) is 41.5 Å². The summed E-state index contributed by atoms with van der Waals surface area (Å²) in [5.41, 5.74) is 13.5. The standard InChI is InChI=1S/C36H36N2O/c1-24-10-7-13-30(18-24)37(31-14-8-11-25(2)19-31)34-22-28(5)35(23-27(34)4)38(32-15-9-12-26(3)20-32)33-16-17-36(39)29(6)21-33/h7-23,39H,1-6H3. The molecule has 0 spiro atoms. The van der Waals surface area contributed by atoms with Crippen LogP contribution in [0.3, 0.4) is 0 Å². The van der Waals surface area contributed by atoms with Crippen molar-refractivity contribution in [1.29, 1.82) is 0 Å². The number of phenols is 1. The van der Waals surface area contributed by atoms with Gasteiger partial charge in [-0.15, -0.1) is 0 Å². The number of phenolic OH excluding ortho intramolecular Hbond substituents is 1. The van der Waals surface area contributed by atoms with E-state index in [0.717, 1.165) is 45.3 Å². The minimum Gasteiger partial charge on any atom is -0.508 e. The van der Waals surface area contributed by atoms with E-state index in [4.69, 9.17) is 0 Å². The second-order valence-corrected chi connectivity index (χ2v) is 10.6. The molecule has 0 aliphatic carbocycles. The molecular weight excluding hydrogens is 476 g/mol. The minimum atomic E-state index is 0.304. The van der Waals surface area contributed by atoms with Crippen molar-refractivity contribution in [1.82, 2.24) is 0 Å². The molecule has 0 aromatic heterocycles. The molecule has 5 aromatic rings. The highest BCUT2D eigenvalue weighted by atomic mass is 16.3. The van der Waals surface area contributed by atoms with Crippen LogP contribution in [-0.2, 0) is 0 Å². The van der Waals surface area contributed by atoms with Crippen LogP contribution in [0.1, 0.15) is 33.4 Å². The highest BCUT2D eigenvalue weighted by Gasteiger charge is 2.21. The Kier molecular flexibility index (Phi) is 7.17. The first-order chi connectivity index (χ1) is 18.7.